The fraction of sp³-hybridized carbons (Fsp3) is 0.312. The van der Waals surface area contributed by atoms with Gasteiger partial charge in [0.2, 0.25) is 0 Å². The molecule has 4 heteroatoms. The van der Waals surface area contributed by atoms with Crippen LogP contribution in [-0.2, 0) is 4.74 Å². The van der Waals surface area contributed by atoms with Gasteiger partial charge in [-0.15, -0.1) is 0 Å². The molecular weight excluding hydrogens is 254 g/mol. The number of phenolic OH excluding ortho intramolecular Hbond substituents is 1. The lowest BCUT2D eigenvalue weighted by molar-refractivity contribution is 0.0517. The van der Waals surface area contributed by atoms with E-state index in [-0.39, 0.29) is 30.3 Å². The molecule has 20 heavy (non-hydrogen) atoms. The van der Waals surface area contributed by atoms with Crippen molar-refractivity contribution < 1.29 is 14.6 Å². The van der Waals surface area contributed by atoms with E-state index in [2.05, 4.69) is 18.3 Å². The number of rotatable bonds is 1. The number of fused-ring (bicyclic) bond motifs is 1. The Hall–Kier alpha value is -2.23. The highest BCUT2D eigenvalue weighted by Gasteiger charge is 2.28. The second-order valence-electron chi connectivity index (χ2n) is 5.34. The maximum atomic E-state index is 11.8. The van der Waals surface area contributed by atoms with Crippen LogP contribution >= 0.6 is 0 Å². The number of cyclic esters (lactones) is 1. The number of esters is 1. The minimum Gasteiger partial charge on any atom is -0.508 e. The van der Waals surface area contributed by atoms with Crippen LogP contribution < -0.4 is 5.32 Å². The van der Waals surface area contributed by atoms with E-state index in [0.717, 1.165) is 5.56 Å². The number of nitrogens with one attached hydrogen (secondary N) is 1. The van der Waals surface area contributed by atoms with Gasteiger partial charge in [-0.25, -0.2) is 4.79 Å². The minimum atomic E-state index is -0.347. The number of hydrogen-bond acceptors (Lipinski definition) is 4. The van der Waals surface area contributed by atoms with Crippen molar-refractivity contribution in [1.82, 2.24) is 0 Å². The molecule has 1 aliphatic heterocycles. The maximum absolute atomic E-state index is 11.8. The molecule has 0 spiro atoms. The van der Waals surface area contributed by atoms with Gasteiger partial charge in [-0.3, -0.25) is 0 Å². The van der Waals surface area contributed by atoms with E-state index in [1.807, 2.05) is 19.1 Å². The van der Waals surface area contributed by atoms with Crippen LogP contribution in [0, 0.1) is 5.92 Å². The molecule has 0 radical (unpaired) electrons. The first-order valence-electron chi connectivity index (χ1n) is 6.71. The lowest BCUT2D eigenvalue weighted by atomic mass is 9.78. The number of hydrogen-bond donors (Lipinski definition) is 2. The summed E-state index contributed by atoms with van der Waals surface area (Å²) in [4.78, 5) is 11.8. The average Bonchev–Trinajstić information content (AvgIpc) is 2.40. The van der Waals surface area contributed by atoms with Crippen LogP contribution in [0.5, 0.6) is 5.75 Å². The zero-order valence-electron chi connectivity index (χ0n) is 11.5. The Labute approximate surface area is 117 Å². The lowest BCUT2D eigenvalue weighted by Crippen LogP contribution is -2.22. The van der Waals surface area contributed by atoms with Gasteiger partial charge < -0.3 is 15.2 Å². The van der Waals surface area contributed by atoms with E-state index >= 15 is 0 Å². The predicted molar refractivity (Wildman–Crippen MR) is 76.8 cm³/mol. The Kier molecular flexibility index (Phi) is 3.01. The third-order valence-corrected chi connectivity index (χ3v) is 3.98. The number of anilines is 1. The van der Waals surface area contributed by atoms with Gasteiger partial charge in [-0.1, -0.05) is 30.7 Å². The molecule has 3 rings (SSSR count). The smallest absolute Gasteiger partial charge is 0.341 e. The molecule has 0 saturated carbocycles. The van der Waals surface area contributed by atoms with E-state index in [1.54, 1.807) is 12.1 Å². The molecule has 0 bridgehead atoms. The van der Waals surface area contributed by atoms with Crippen molar-refractivity contribution in [2.45, 2.75) is 19.8 Å². The average molecular weight is 271 g/mol. The molecule has 2 atom stereocenters. The first kappa shape index (κ1) is 12.8. The van der Waals surface area contributed by atoms with Crippen LogP contribution in [0.25, 0.3) is 0 Å². The van der Waals surface area contributed by atoms with Gasteiger partial charge in [0.05, 0.1) is 11.3 Å². The topological polar surface area (TPSA) is 58.6 Å². The molecule has 0 amide bonds. The molecule has 1 heterocycles. The molecule has 2 unspecified atom stereocenters. The number of carbonyl (C=O) groups is 1. The standard InChI is InChI=1S/C16H17NO3/c1-9-4-3-5-10(2)15(9)12-6-11-13(7-14(12)18)17-8-20-16(11)19/h3-7,9,15,17-18H,8H2,1-2H3. The van der Waals surface area contributed by atoms with E-state index in [1.165, 1.54) is 5.57 Å². The van der Waals surface area contributed by atoms with Crippen LogP contribution in [0.1, 0.15) is 35.7 Å². The number of phenols is 1. The summed E-state index contributed by atoms with van der Waals surface area (Å²) in [5.74, 6) is 0.225. The number of allylic oxidation sites excluding steroid dienone is 4. The van der Waals surface area contributed by atoms with E-state index in [0.29, 0.717) is 11.3 Å². The van der Waals surface area contributed by atoms with Gasteiger partial charge in [-0.2, -0.15) is 0 Å². The normalized spacial score (nSPS) is 24.5. The van der Waals surface area contributed by atoms with Gasteiger partial charge in [0.15, 0.2) is 6.73 Å². The van der Waals surface area contributed by atoms with Crippen molar-refractivity contribution in [2.24, 2.45) is 5.92 Å². The SMILES string of the molecule is CC1=CC=CC(C)C1c1cc2c(cc1O)NCOC2=O. The van der Waals surface area contributed by atoms with Crippen molar-refractivity contribution in [1.29, 1.82) is 0 Å². The third kappa shape index (κ3) is 1.97. The largest absolute Gasteiger partial charge is 0.508 e. The van der Waals surface area contributed by atoms with Crippen molar-refractivity contribution in [3.63, 3.8) is 0 Å². The van der Waals surface area contributed by atoms with Gasteiger partial charge in [0.25, 0.3) is 0 Å². The summed E-state index contributed by atoms with van der Waals surface area (Å²) in [7, 11) is 0. The van der Waals surface area contributed by atoms with Crippen LogP contribution in [-0.4, -0.2) is 17.8 Å². The van der Waals surface area contributed by atoms with Crippen molar-refractivity contribution >= 4 is 11.7 Å². The highest BCUT2D eigenvalue weighted by molar-refractivity contribution is 5.97. The van der Waals surface area contributed by atoms with Crippen LogP contribution in [0.2, 0.25) is 0 Å². The Morgan fingerprint density at radius 2 is 2.20 bits per heavy atom. The summed E-state index contributed by atoms with van der Waals surface area (Å²) in [6.07, 6.45) is 6.18. The van der Waals surface area contributed by atoms with Gasteiger partial charge in [-0.05, 0) is 18.9 Å². The second-order valence-corrected chi connectivity index (χ2v) is 5.34. The number of carbonyl (C=O) groups excluding carboxylic acids is 1. The molecule has 2 aliphatic rings. The van der Waals surface area contributed by atoms with Crippen molar-refractivity contribution in [3.05, 3.63) is 47.1 Å². The molecule has 104 valence electrons. The quantitative estimate of drug-likeness (QED) is 0.770. The summed E-state index contributed by atoms with van der Waals surface area (Å²) in [5.41, 5.74) is 3.06. The Balaban J connectivity index is 2.10. The Morgan fingerprint density at radius 3 is 2.95 bits per heavy atom. The molecule has 1 aromatic rings. The van der Waals surface area contributed by atoms with Crippen LogP contribution in [0.15, 0.2) is 35.9 Å². The first-order valence-corrected chi connectivity index (χ1v) is 6.71. The molecule has 0 saturated heterocycles. The van der Waals surface area contributed by atoms with Crippen LogP contribution in [0.4, 0.5) is 5.69 Å². The maximum Gasteiger partial charge on any atom is 0.341 e. The van der Waals surface area contributed by atoms with E-state index in [4.69, 9.17) is 4.74 Å². The molecule has 0 fully saturated rings. The summed E-state index contributed by atoms with van der Waals surface area (Å²) in [5, 5.41) is 13.3. The first-order chi connectivity index (χ1) is 9.58. The number of aromatic hydroxyl groups is 1. The van der Waals surface area contributed by atoms with Gasteiger partial charge in [0, 0.05) is 17.5 Å². The lowest BCUT2D eigenvalue weighted by Gasteiger charge is -2.28. The van der Waals surface area contributed by atoms with Crippen molar-refractivity contribution in [2.75, 3.05) is 12.0 Å². The fourth-order valence-corrected chi connectivity index (χ4v) is 2.97. The zero-order valence-corrected chi connectivity index (χ0v) is 11.5. The monoisotopic (exact) mass is 271 g/mol. The molecule has 2 N–H and O–H groups in total. The third-order valence-electron chi connectivity index (χ3n) is 3.98. The van der Waals surface area contributed by atoms with E-state index in [9.17, 15) is 9.90 Å². The van der Waals surface area contributed by atoms with E-state index < -0.39 is 0 Å². The second kappa shape index (κ2) is 4.71. The Bertz CT molecular complexity index is 631. The van der Waals surface area contributed by atoms with Gasteiger partial charge in [0.1, 0.15) is 5.75 Å². The molecule has 1 aromatic carbocycles. The zero-order chi connectivity index (χ0) is 14.3. The van der Waals surface area contributed by atoms with Crippen LogP contribution in [0.3, 0.4) is 0 Å². The number of ether oxygens (including phenoxy) is 1. The summed E-state index contributed by atoms with van der Waals surface area (Å²) >= 11 is 0. The Morgan fingerprint density at radius 1 is 1.40 bits per heavy atom. The molecule has 4 nitrogen and oxygen atoms in total. The summed E-state index contributed by atoms with van der Waals surface area (Å²) in [6, 6.07) is 3.36. The van der Waals surface area contributed by atoms with Gasteiger partial charge >= 0.3 is 5.97 Å². The molecule has 0 aromatic heterocycles. The summed E-state index contributed by atoms with van der Waals surface area (Å²) < 4.78 is 4.98. The summed E-state index contributed by atoms with van der Waals surface area (Å²) in [6.45, 7) is 4.29. The number of benzene rings is 1. The van der Waals surface area contributed by atoms with Crippen molar-refractivity contribution in [3.8, 4) is 5.75 Å². The molecule has 1 aliphatic carbocycles. The molecular formula is C16H17NO3. The fourth-order valence-electron chi connectivity index (χ4n) is 2.97. The predicted octanol–water partition coefficient (Wildman–Crippen LogP) is 3.17. The minimum absolute atomic E-state index is 0.0834. The highest BCUT2D eigenvalue weighted by atomic mass is 16.5. The highest BCUT2D eigenvalue weighted by Crippen LogP contribution is 2.42.